The van der Waals surface area contributed by atoms with Crippen molar-refractivity contribution in [2.45, 2.75) is 6.92 Å². The molecule has 1 aromatic rings. The van der Waals surface area contributed by atoms with E-state index in [2.05, 4.69) is 5.32 Å². The SMILES string of the molecule is CC1=C(C(=O)Nc2ccc(Cl)cc2)SCCS1. The summed E-state index contributed by atoms with van der Waals surface area (Å²) in [5, 5.41) is 3.55. The van der Waals surface area contributed by atoms with E-state index in [0.717, 1.165) is 27.0 Å². The molecule has 17 heavy (non-hydrogen) atoms. The molecule has 2 nitrogen and oxygen atoms in total. The number of nitrogens with one attached hydrogen (secondary N) is 1. The second kappa shape index (κ2) is 5.85. The molecule has 0 atom stereocenters. The van der Waals surface area contributed by atoms with Gasteiger partial charge in [0.15, 0.2) is 0 Å². The van der Waals surface area contributed by atoms with Gasteiger partial charge in [0.1, 0.15) is 0 Å². The topological polar surface area (TPSA) is 29.1 Å². The Morgan fingerprint density at radius 2 is 1.88 bits per heavy atom. The maximum Gasteiger partial charge on any atom is 0.262 e. The lowest BCUT2D eigenvalue weighted by Gasteiger charge is -2.16. The molecule has 0 aromatic heterocycles. The van der Waals surface area contributed by atoms with E-state index in [1.807, 2.05) is 6.92 Å². The quantitative estimate of drug-likeness (QED) is 0.891. The third-order valence-electron chi connectivity index (χ3n) is 2.28. The monoisotopic (exact) mass is 285 g/mol. The molecule has 5 heteroatoms. The molecule has 0 saturated carbocycles. The minimum atomic E-state index is -0.0259. The molecule has 1 heterocycles. The molecule has 1 N–H and O–H groups in total. The first-order valence-electron chi connectivity index (χ1n) is 5.20. The number of allylic oxidation sites excluding steroid dienone is 1. The van der Waals surface area contributed by atoms with E-state index in [1.54, 1.807) is 47.8 Å². The second-order valence-corrected chi connectivity index (χ2v) is 6.39. The Balaban J connectivity index is 2.09. The number of hydrogen-bond acceptors (Lipinski definition) is 3. The second-order valence-electron chi connectivity index (χ2n) is 3.54. The van der Waals surface area contributed by atoms with Crippen molar-refractivity contribution in [3.05, 3.63) is 39.1 Å². The summed E-state index contributed by atoms with van der Waals surface area (Å²) in [4.78, 5) is 14.0. The van der Waals surface area contributed by atoms with Gasteiger partial charge in [-0.05, 0) is 31.2 Å². The molecule has 1 amide bonds. The van der Waals surface area contributed by atoms with E-state index in [9.17, 15) is 4.79 Å². The van der Waals surface area contributed by atoms with Gasteiger partial charge in [0.2, 0.25) is 0 Å². The summed E-state index contributed by atoms with van der Waals surface area (Å²) >= 11 is 9.16. The highest BCUT2D eigenvalue weighted by atomic mass is 35.5. The van der Waals surface area contributed by atoms with Crippen LogP contribution >= 0.6 is 35.1 Å². The van der Waals surface area contributed by atoms with Gasteiger partial charge < -0.3 is 5.32 Å². The van der Waals surface area contributed by atoms with Gasteiger partial charge in [-0.2, -0.15) is 0 Å². The van der Waals surface area contributed by atoms with E-state index in [1.165, 1.54) is 0 Å². The highest BCUT2D eigenvalue weighted by Crippen LogP contribution is 2.34. The van der Waals surface area contributed by atoms with Gasteiger partial charge in [-0.1, -0.05) is 11.6 Å². The van der Waals surface area contributed by atoms with Crippen LogP contribution in [0.1, 0.15) is 6.92 Å². The Hall–Kier alpha value is -0.580. The third-order valence-corrected chi connectivity index (χ3v) is 5.15. The fourth-order valence-electron chi connectivity index (χ4n) is 1.45. The standard InChI is InChI=1S/C12H12ClNOS2/c1-8-11(17-7-6-16-8)12(15)14-10-4-2-9(13)3-5-10/h2-5H,6-7H2,1H3,(H,14,15). The fraction of sp³-hybridized carbons (Fsp3) is 0.250. The van der Waals surface area contributed by atoms with Crippen molar-refractivity contribution in [3.63, 3.8) is 0 Å². The smallest absolute Gasteiger partial charge is 0.262 e. The first kappa shape index (κ1) is 12.9. The summed E-state index contributed by atoms with van der Waals surface area (Å²) < 4.78 is 0. The van der Waals surface area contributed by atoms with Crippen molar-refractivity contribution in [1.29, 1.82) is 0 Å². The van der Waals surface area contributed by atoms with Gasteiger partial charge >= 0.3 is 0 Å². The summed E-state index contributed by atoms with van der Waals surface area (Å²) in [6.45, 7) is 1.99. The molecule has 1 aliphatic rings. The molecule has 0 bridgehead atoms. The Bertz CT molecular complexity index is 456. The van der Waals surface area contributed by atoms with E-state index < -0.39 is 0 Å². The molecule has 90 valence electrons. The van der Waals surface area contributed by atoms with Crippen LogP contribution in [0, 0.1) is 0 Å². The van der Waals surface area contributed by atoms with Crippen molar-refractivity contribution in [2.75, 3.05) is 16.8 Å². The van der Waals surface area contributed by atoms with Crippen LogP contribution in [0.4, 0.5) is 5.69 Å². The number of anilines is 1. The van der Waals surface area contributed by atoms with Gasteiger partial charge in [-0.15, -0.1) is 23.5 Å². The first-order valence-corrected chi connectivity index (χ1v) is 7.55. The van der Waals surface area contributed by atoms with Gasteiger partial charge in [-0.3, -0.25) is 4.79 Å². The number of benzene rings is 1. The number of rotatable bonds is 2. The zero-order valence-corrected chi connectivity index (χ0v) is 11.7. The lowest BCUT2D eigenvalue weighted by Crippen LogP contribution is -2.15. The zero-order chi connectivity index (χ0) is 12.3. The molecule has 0 spiro atoms. The summed E-state index contributed by atoms with van der Waals surface area (Å²) in [5.41, 5.74) is 0.774. The molecule has 0 unspecified atom stereocenters. The Kier molecular flexibility index (Phi) is 4.42. The number of carbonyl (C=O) groups excluding carboxylic acids is 1. The van der Waals surface area contributed by atoms with Crippen molar-refractivity contribution < 1.29 is 4.79 Å². The predicted octanol–water partition coefficient (Wildman–Crippen LogP) is 3.99. The van der Waals surface area contributed by atoms with Crippen LogP contribution in [0.2, 0.25) is 5.02 Å². The van der Waals surface area contributed by atoms with Crippen LogP contribution in [0.3, 0.4) is 0 Å². The summed E-state index contributed by atoms with van der Waals surface area (Å²) in [6, 6.07) is 7.13. The largest absolute Gasteiger partial charge is 0.322 e. The normalized spacial score (nSPS) is 15.9. The number of thioether (sulfide) groups is 2. The van der Waals surface area contributed by atoms with Crippen LogP contribution in [0.15, 0.2) is 34.1 Å². The molecule has 1 aliphatic heterocycles. The third kappa shape index (κ3) is 3.44. The predicted molar refractivity (Wildman–Crippen MR) is 77.7 cm³/mol. The van der Waals surface area contributed by atoms with Crippen molar-refractivity contribution >= 4 is 46.7 Å². The molecule has 0 aliphatic carbocycles. The number of hydrogen-bond donors (Lipinski definition) is 1. The van der Waals surface area contributed by atoms with E-state index in [0.29, 0.717) is 5.02 Å². The van der Waals surface area contributed by atoms with Crippen LogP contribution in [-0.2, 0) is 4.79 Å². The van der Waals surface area contributed by atoms with Crippen LogP contribution in [-0.4, -0.2) is 17.4 Å². The maximum atomic E-state index is 12.0. The van der Waals surface area contributed by atoms with Gasteiger partial charge in [0.05, 0.1) is 4.91 Å². The number of carbonyl (C=O) groups is 1. The molecule has 2 rings (SSSR count). The molecule has 0 fully saturated rings. The maximum absolute atomic E-state index is 12.0. The molecular formula is C12H12ClNOS2. The molecule has 0 saturated heterocycles. The zero-order valence-electron chi connectivity index (χ0n) is 9.33. The first-order chi connectivity index (χ1) is 8.16. The summed E-state index contributed by atoms with van der Waals surface area (Å²) in [7, 11) is 0. The van der Waals surface area contributed by atoms with Gasteiger partial charge in [-0.25, -0.2) is 0 Å². The lowest BCUT2D eigenvalue weighted by atomic mass is 10.3. The highest BCUT2D eigenvalue weighted by molar-refractivity contribution is 8.10. The average Bonchev–Trinajstić information content (AvgIpc) is 2.32. The minimum absolute atomic E-state index is 0.0259. The minimum Gasteiger partial charge on any atom is -0.322 e. The number of amides is 1. The van der Waals surface area contributed by atoms with Crippen molar-refractivity contribution in [3.8, 4) is 0 Å². The van der Waals surface area contributed by atoms with Gasteiger partial charge in [0, 0.05) is 27.1 Å². The van der Waals surface area contributed by atoms with Crippen LogP contribution in [0.25, 0.3) is 0 Å². The fourth-order valence-corrected chi connectivity index (χ4v) is 3.72. The average molecular weight is 286 g/mol. The molecule has 1 aromatic carbocycles. The Morgan fingerprint density at radius 3 is 2.53 bits per heavy atom. The highest BCUT2D eigenvalue weighted by Gasteiger charge is 2.17. The lowest BCUT2D eigenvalue weighted by molar-refractivity contribution is -0.112. The summed E-state index contributed by atoms with van der Waals surface area (Å²) in [5.74, 6) is 2.04. The number of halogens is 1. The van der Waals surface area contributed by atoms with E-state index in [-0.39, 0.29) is 5.91 Å². The Labute approximate surface area is 114 Å². The van der Waals surface area contributed by atoms with Crippen LogP contribution < -0.4 is 5.32 Å². The van der Waals surface area contributed by atoms with Crippen molar-refractivity contribution in [2.24, 2.45) is 0 Å². The van der Waals surface area contributed by atoms with Crippen molar-refractivity contribution in [1.82, 2.24) is 0 Å². The molecule has 0 radical (unpaired) electrons. The summed E-state index contributed by atoms with van der Waals surface area (Å²) in [6.07, 6.45) is 0. The molecular weight excluding hydrogens is 274 g/mol. The van der Waals surface area contributed by atoms with E-state index in [4.69, 9.17) is 11.6 Å². The van der Waals surface area contributed by atoms with E-state index >= 15 is 0 Å². The Morgan fingerprint density at radius 1 is 1.24 bits per heavy atom. The van der Waals surface area contributed by atoms with Gasteiger partial charge in [0.25, 0.3) is 5.91 Å². The van der Waals surface area contributed by atoms with Crippen LogP contribution in [0.5, 0.6) is 0 Å².